The summed E-state index contributed by atoms with van der Waals surface area (Å²) in [5.41, 5.74) is 0. The Balaban J connectivity index is 4.74. The van der Waals surface area contributed by atoms with Gasteiger partial charge in [0, 0.05) is 18.3 Å². The Bertz CT molecular complexity index is 167. The molecule has 2 nitrogen and oxygen atoms in total. The van der Waals surface area contributed by atoms with Crippen LogP contribution in [0.4, 0.5) is 0 Å². The molecule has 0 spiro atoms. The molecular weight excluding hydrogens is 216 g/mol. The minimum Gasteiger partial charge on any atom is -0.394 e. The molecule has 0 radical (unpaired) electrons. The third kappa shape index (κ3) is 4.56. The van der Waals surface area contributed by atoms with E-state index in [0.717, 1.165) is 38.5 Å². The molecule has 0 aromatic rings. The van der Waals surface area contributed by atoms with Gasteiger partial charge in [-0.3, -0.25) is 0 Å². The quantitative estimate of drug-likeness (QED) is 0.587. The zero-order chi connectivity index (χ0) is 12.7. The molecule has 0 N–H and O–H groups in total. The molecule has 0 amide bonds. The fraction of sp³-hybridized carbons (Fsp3) is 1.00. The van der Waals surface area contributed by atoms with Gasteiger partial charge < -0.3 is 8.85 Å². The molecule has 0 aromatic heterocycles. The number of rotatable bonds is 8. The van der Waals surface area contributed by atoms with E-state index in [9.17, 15) is 0 Å². The Morgan fingerprint density at radius 2 is 1.25 bits per heavy atom. The van der Waals surface area contributed by atoms with Crippen molar-refractivity contribution in [1.82, 2.24) is 0 Å². The van der Waals surface area contributed by atoms with Crippen LogP contribution in [-0.4, -0.2) is 21.8 Å². The monoisotopic (exact) mass is 246 g/mol. The fourth-order valence-electron chi connectivity index (χ4n) is 1.86. The Labute approximate surface area is 103 Å². The molecule has 0 aliphatic heterocycles. The molecule has 0 saturated carbocycles. The maximum atomic E-state index is 6.20. The highest BCUT2D eigenvalue weighted by atomic mass is 28.4. The normalized spacial score (nSPS) is 13.1. The summed E-state index contributed by atoms with van der Waals surface area (Å²) in [6.45, 7) is 15.0. The topological polar surface area (TPSA) is 18.5 Å². The zero-order valence-corrected chi connectivity index (χ0v) is 13.1. The first-order valence-corrected chi connectivity index (χ1v) is 8.73. The van der Waals surface area contributed by atoms with Crippen LogP contribution in [0.25, 0.3) is 0 Å². The van der Waals surface area contributed by atoms with E-state index in [1.54, 1.807) is 0 Å². The van der Waals surface area contributed by atoms with Crippen molar-refractivity contribution in [2.24, 2.45) is 0 Å². The van der Waals surface area contributed by atoms with Crippen molar-refractivity contribution in [1.29, 1.82) is 0 Å². The molecule has 0 unspecified atom stereocenters. The first-order valence-electron chi connectivity index (χ1n) is 6.71. The molecular formula is C13H30O2Si. The molecule has 0 aromatic carbocycles. The lowest BCUT2D eigenvalue weighted by Gasteiger charge is -2.41. The smallest absolute Gasteiger partial charge is 0.343 e. The highest BCUT2D eigenvalue weighted by molar-refractivity contribution is 6.70. The summed E-state index contributed by atoms with van der Waals surface area (Å²) in [6.07, 6.45) is 3.30. The van der Waals surface area contributed by atoms with E-state index in [0.29, 0.717) is 0 Å². The van der Waals surface area contributed by atoms with Crippen molar-refractivity contribution in [3.63, 3.8) is 0 Å². The minimum absolute atomic E-state index is 0.160. The van der Waals surface area contributed by atoms with Crippen molar-refractivity contribution in [3.05, 3.63) is 0 Å². The zero-order valence-electron chi connectivity index (χ0n) is 12.1. The van der Waals surface area contributed by atoms with Crippen molar-refractivity contribution in [3.8, 4) is 0 Å². The Morgan fingerprint density at radius 3 is 1.50 bits per heavy atom. The van der Waals surface area contributed by atoms with E-state index in [2.05, 4.69) is 41.5 Å². The van der Waals surface area contributed by atoms with Crippen molar-refractivity contribution in [2.75, 3.05) is 13.2 Å². The van der Waals surface area contributed by atoms with Gasteiger partial charge >= 0.3 is 8.56 Å². The predicted octanol–water partition coefficient (Wildman–Crippen LogP) is 4.49. The van der Waals surface area contributed by atoms with E-state index in [4.69, 9.17) is 8.85 Å². The molecule has 98 valence electrons. The summed E-state index contributed by atoms with van der Waals surface area (Å²) in [6, 6.07) is 1.11. The van der Waals surface area contributed by atoms with Gasteiger partial charge in [-0.2, -0.15) is 0 Å². The standard InChI is InChI=1S/C13H30O2Si/c1-7-10-14-16(12-9-3,13(4,5)6)15-11-8-2/h7-12H2,1-6H3. The lowest BCUT2D eigenvalue weighted by molar-refractivity contribution is 0.146. The highest BCUT2D eigenvalue weighted by Crippen LogP contribution is 2.41. The second-order valence-corrected chi connectivity index (χ2v) is 9.53. The third-order valence-electron chi connectivity index (χ3n) is 2.80. The summed E-state index contributed by atoms with van der Waals surface area (Å²) >= 11 is 0. The number of hydrogen-bond donors (Lipinski definition) is 0. The highest BCUT2D eigenvalue weighted by Gasteiger charge is 2.48. The van der Waals surface area contributed by atoms with Gasteiger partial charge in [0.25, 0.3) is 0 Å². The summed E-state index contributed by atoms with van der Waals surface area (Å²) < 4.78 is 12.4. The largest absolute Gasteiger partial charge is 0.394 e. The van der Waals surface area contributed by atoms with Gasteiger partial charge in [-0.05, 0) is 18.9 Å². The van der Waals surface area contributed by atoms with E-state index in [1.807, 2.05) is 0 Å². The van der Waals surface area contributed by atoms with Crippen LogP contribution < -0.4 is 0 Å². The SMILES string of the molecule is CCCO[Si](CCC)(OCCC)C(C)(C)C. The van der Waals surface area contributed by atoms with Gasteiger partial charge in [0.05, 0.1) is 0 Å². The van der Waals surface area contributed by atoms with Crippen LogP contribution in [0.3, 0.4) is 0 Å². The van der Waals surface area contributed by atoms with Gasteiger partial charge in [-0.25, -0.2) is 0 Å². The van der Waals surface area contributed by atoms with Crippen LogP contribution in [0, 0.1) is 0 Å². The molecule has 0 aliphatic rings. The maximum Gasteiger partial charge on any atom is 0.343 e. The van der Waals surface area contributed by atoms with E-state index < -0.39 is 8.56 Å². The molecule has 3 heteroatoms. The summed E-state index contributed by atoms with van der Waals surface area (Å²) in [7, 11) is -2.04. The average molecular weight is 246 g/mol. The van der Waals surface area contributed by atoms with Gasteiger partial charge in [0.2, 0.25) is 0 Å². The third-order valence-corrected chi connectivity index (χ3v) is 7.59. The van der Waals surface area contributed by atoms with Crippen LogP contribution >= 0.6 is 0 Å². The molecule has 0 bridgehead atoms. The summed E-state index contributed by atoms with van der Waals surface area (Å²) in [5, 5.41) is 0.160. The second-order valence-electron chi connectivity index (χ2n) is 5.45. The van der Waals surface area contributed by atoms with Crippen LogP contribution in [-0.2, 0) is 8.85 Å². The van der Waals surface area contributed by atoms with Crippen LogP contribution in [0.5, 0.6) is 0 Å². The van der Waals surface area contributed by atoms with Crippen LogP contribution in [0.2, 0.25) is 11.1 Å². The van der Waals surface area contributed by atoms with Gasteiger partial charge in [0.1, 0.15) is 0 Å². The molecule has 0 saturated heterocycles. The molecule has 16 heavy (non-hydrogen) atoms. The molecule has 0 rings (SSSR count). The van der Waals surface area contributed by atoms with Crippen molar-refractivity contribution < 1.29 is 8.85 Å². The van der Waals surface area contributed by atoms with Gasteiger partial charge in [-0.15, -0.1) is 0 Å². The van der Waals surface area contributed by atoms with Crippen LogP contribution in [0.15, 0.2) is 0 Å². The van der Waals surface area contributed by atoms with E-state index in [-0.39, 0.29) is 5.04 Å². The van der Waals surface area contributed by atoms with Gasteiger partial charge in [-0.1, -0.05) is 48.0 Å². The molecule has 0 heterocycles. The van der Waals surface area contributed by atoms with E-state index >= 15 is 0 Å². The fourth-order valence-corrected chi connectivity index (χ4v) is 5.57. The second kappa shape index (κ2) is 7.46. The number of hydrogen-bond acceptors (Lipinski definition) is 2. The van der Waals surface area contributed by atoms with Crippen molar-refractivity contribution in [2.45, 2.75) is 71.9 Å². The average Bonchev–Trinajstić information content (AvgIpc) is 2.20. The lowest BCUT2D eigenvalue weighted by Crippen LogP contribution is -2.50. The predicted molar refractivity (Wildman–Crippen MR) is 73.1 cm³/mol. The molecule has 0 aliphatic carbocycles. The Hall–Kier alpha value is 0.137. The van der Waals surface area contributed by atoms with Crippen molar-refractivity contribution >= 4 is 8.56 Å². The molecule has 0 atom stereocenters. The Kier molecular flexibility index (Phi) is 7.52. The first-order chi connectivity index (χ1) is 7.43. The van der Waals surface area contributed by atoms with Crippen LogP contribution in [0.1, 0.15) is 60.8 Å². The Morgan fingerprint density at radius 1 is 0.812 bits per heavy atom. The first kappa shape index (κ1) is 16.1. The summed E-state index contributed by atoms with van der Waals surface area (Å²) in [4.78, 5) is 0. The summed E-state index contributed by atoms with van der Waals surface area (Å²) in [5.74, 6) is 0. The lowest BCUT2D eigenvalue weighted by atomic mass is 10.2. The minimum atomic E-state index is -2.04. The van der Waals surface area contributed by atoms with Gasteiger partial charge in [0.15, 0.2) is 0 Å². The molecule has 0 fully saturated rings. The van der Waals surface area contributed by atoms with E-state index in [1.165, 1.54) is 0 Å². The maximum absolute atomic E-state index is 6.20.